The number of thiocarbonyl (C=S) groups is 1. The Morgan fingerprint density at radius 2 is 1.93 bits per heavy atom. The van der Waals surface area contributed by atoms with Crippen LogP contribution in [-0.2, 0) is 6.54 Å². The third kappa shape index (κ3) is 4.97. The molecule has 0 amide bonds. The smallest absolute Gasteiger partial charge is 0.253 e. The quantitative estimate of drug-likeness (QED) is 0.555. The van der Waals surface area contributed by atoms with Crippen LogP contribution in [-0.4, -0.2) is 33.3 Å². The Labute approximate surface area is 170 Å². The molecule has 28 heavy (non-hydrogen) atoms. The van der Waals surface area contributed by atoms with E-state index in [1.54, 1.807) is 0 Å². The van der Waals surface area contributed by atoms with Crippen LogP contribution in [0.3, 0.4) is 0 Å². The first kappa shape index (κ1) is 20.0. The SMILES string of the molecule is Cc1cccc(NC(=S)N(CCCO)Cc2cc3cc(C)ccc3[nH]c2=O)c1. The van der Waals surface area contributed by atoms with Crippen LogP contribution >= 0.6 is 12.2 Å². The highest BCUT2D eigenvalue weighted by Gasteiger charge is 2.13. The fraction of sp³-hybridized carbons (Fsp3) is 0.273. The summed E-state index contributed by atoms with van der Waals surface area (Å²) in [6, 6.07) is 15.8. The minimum Gasteiger partial charge on any atom is -0.396 e. The molecule has 6 heteroatoms. The maximum absolute atomic E-state index is 12.6. The monoisotopic (exact) mass is 395 g/mol. The first-order valence-corrected chi connectivity index (χ1v) is 9.73. The largest absolute Gasteiger partial charge is 0.396 e. The van der Waals surface area contributed by atoms with Gasteiger partial charge < -0.3 is 20.3 Å². The van der Waals surface area contributed by atoms with Crippen LogP contribution < -0.4 is 10.9 Å². The predicted molar refractivity (Wildman–Crippen MR) is 119 cm³/mol. The number of anilines is 1. The van der Waals surface area contributed by atoms with Gasteiger partial charge in [-0.1, -0.05) is 23.8 Å². The summed E-state index contributed by atoms with van der Waals surface area (Å²) in [6.07, 6.45) is 0.570. The third-order valence-corrected chi connectivity index (χ3v) is 4.94. The number of aryl methyl sites for hydroxylation is 2. The maximum Gasteiger partial charge on any atom is 0.253 e. The molecule has 5 nitrogen and oxygen atoms in total. The molecule has 0 radical (unpaired) electrons. The van der Waals surface area contributed by atoms with Crippen LogP contribution in [0.2, 0.25) is 0 Å². The predicted octanol–water partition coefficient (Wildman–Crippen LogP) is 3.73. The van der Waals surface area contributed by atoms with E-state index in [1.807, 2.05) is 61.2 Å². The van der Waals surface area contributed by atoms with E-state index < -0.39 is 0 Å². The van der Waals surface area contributed by atoms with E-state index in [1.165, 1.54) is 0 Å². The number of H-pyrrole nitrogens is 1. The topological polar surface area (TPSA) is 68.4 Å². The number of nitrogens with zero attached hydrogens (tertiary/aromatic N) is 1. The Bertz CT molecular complexity index is 1050. The fourth-order valence-corrected chi connectivity index (χ4v) is 3.41. The zero-order chi connectivity index (χ0) is 20.1. The summed E-state index contributed by atoms with van der Waals surface area (Å²) in [6.45, 7) is 5.04. The van der Waals surface area contributed by atoms with E-state index in [2.05, 4.69) is 16.4 Å². The van der Waals surface area contributed by atoms with Crippen LogP contribution in [0.1, 0.15) is 23.1 Å². The maximum atomic E-state index is 12.6. The zero-order valence-electron chi connectivity index (χ0n) is 16.2. The lowest BCUT2D eigenvalue weighted by molar-refractivity contribution is 0.266. The van der Waals surface area contributed by atoms with E-state index in [0.29, 0.717) is 30.2 Å². The van der Waals surface area contributed by atoms with Crippen LogP contribution in [0, 0.1) is 13.8 Å². The standard InChI is InChI=1S/C22H25N3O2S/c1-15-5-3-6-19(12-15)23-22(28)25(9-4-10-26)14-18-13-17-11-16(2)7-8-20(17)24-21(18)27/h3,5-8,11-13,26H,4,9-10,14H2,1-2H3,(H,23,28)(H,24,27). The van der Waals surface area contributed by atoms with Gasteiger partial charge >= 0.3 is 0 Å². The molecule has 0 unspecified atom stereocenters. The molecule has 0 bridgehead atoms. The zero-order valence-corrected chi connectivity index (χ0v) is 17.0. The number of fused-ring (bicyclic) bond motifs is 1. The number of nitrogens with one attached hydrogen (secondary N) is 2. The summed E-state index contributed by atoms with van der Waals surface area (Å²) in [5.74, 6) is 0. The third-order valence-electron chi connectivity index (χ3n) is 4.58. The van der Waals surface area contributed by atoms with E-state index in [9.17, 15) is 9.90 Å². The van der Waals surface area contributed by atoms with E-state index in [-0.39, 0.29) is 12.2 Å². The molecule has 3 N–H and O–H groups in total. The van der Waals surface area contributed by atoms with Gasteiger partial charge in [0.15, 0.2) is 5.11 Å². The molecule has 0 saturated heterocycles. The Morgan fingerprint density at radius 1 is 1.14 bits per heavy atom. The Morgan fingerprint density at radius 3 is 2.68 bits per heavy atom. The van der Waals surface area contributed by atoms with E-state index >= 15 is 0 Å². The van der Waals surface area contributed by atoms with Gasteiger partial charge in [0.05, 0.1) is 6.54 Å². The Hall–Kier alpha value is -2.70. The van der Waals surface area contributed by atoms with Gasteiger partial charge in [0.25, 0.3) is 5.56 Å². The lowest BCUT2D eigenvalue weighted by Crippen LogP contribution is -2.37. The van der Waals surface area contributed by atoms with Crippen molar-refractivity contribution in [3.63, 3.8) is 0 Å². The highest BCUT2D eigenvalue weighted by atomic mass is 32.1. The Kier molecular flexibility index (Phi) is 6.44. The average Bonchev–Trinajstić information content (AvgIpc) is 2.65. The van der Waals surface area contributed by atoms with Gasteiger partial charge in [-0.25, -0.2) is 0 Å². The van der Waals surface area contributed by atoms with Crippen molar-refractivity contribution in [2.24, 2.45) is 0 Å². The molecule has 0 fully saturated rings. The van der Waals surface area contributed by atoms with Crippen molar-refractivity contribution in [2.75, 3.05) is 18.5 Å². The number of pyridine rings is 1. The molecule has 0 spiro atoms. The lowest BCUT2D eigenvalue weighted by atomic mass is 10.1. The van der Waals surface area contributed by atoms with E-state index in [0.717, 1.165) is 27.7 Å². The lowest BCUT2D eigenvalue weighted by Gasteiger charge is -2.25. The average molecular weight is 396 g/mol. The number of benzene rings is 2. The van der Waals surface area contributed by atoms with Crippen molar-refractivity contribution >= 4 is 33.9 Å². The molecule has 0 aliphatic carbocycles. The second-order valence-electron chi connectivity index (χ2n) is 7.01. The number of aliphatic hydroxyl groups excluding tert-OH is 1. The normalized spacial score (nSPS) is 10.8. The number of hydrogen-bond acceptors (Lipinski definition) is 3. The van der Waals surface area contributed by atoms with Crippen LogP contribution in [0.25, 0.3) is 10.9 Å². The van der Waals surface area contributed by atoms with Crippen molar-refractivity contribution in [2.45, 2.75) is 26.8 Å². The van der Waals surface area contributed by atoms with Gasteiger partial charge in [-0.3, -0.25) is 4.79 Å². The summed E-state index contributed by atoms with van der Waals surface area (Å²) in [4.78, 5) is 17.4. The van der Waals surface area contributed by atoms with Gasteiger partial charge in [0.2, 0.25) is 0 Å². The number of aromatic nitrogens is 1. The number of hydrogen-bond donors (Lipinski definition) is 3. The highest BCUT2D eigenvalue weighted by molar-refractivity contribution is 7.80. The van der Waals surface area contributed by atoms with Gasteiger partial charge in [0.1, 0.15) is 0 Å². The second kappa shape index (κ2) is 8.99. The molecule has 1 heterocycles. The number of rotatable bonds is 6. The molecule has 0 atom stereocenters. The van der Waals surface area contributed by atoms with Crippen molar-refractivity contribution < 1.29 is 5.11 Å². The van der Waals surface area contributed by atoms with Crippen LogP contribution in [0.5, 0.6) is 0 Å². The molecule has 1 aromatic heterocycles. The molecule has 146 valence electrons. The molecule has 2 aromatic carbocycles. The highest BCUT2D eigenvalue weighted by Crippen LogP contribution is 2.16. The number of aromatic amines is 1. The summed E-state index contributed by atoms with van der Waals surface area (Å²) in [7, 11) is 0. The molecule has 3 rings (SSSR count). The van der Waals surface area contributed by atoms with Crippen LogP contribution in [0.4, 0.5) is 5.69 Å². The first-order valence-electron chi connectivity index (χ1n) is 9.32. The molecule has 0 aliphatic heterocycles. The summed E-state index contributed by atoms with van der Waals surface area (Å²) in [5, 5.41) is 14.0. The van der Waals surface area contributed by atoms with Gasteiger partial charge in [-0.05, 0) is 73.8 Å². The molecule has 3 aromatic rings. The second-order valence-corrected chi connectivity index (χ2v) is 7.40. The fourth-order valence-electron chi connectivity index (χ4n) is 3.13. The van der Waals surface area contributed by atoms with Crippen LogP contribution in [0.15, 0.2) is 53.3 Å². The van der Waals surface area contributed by atoms with Gasteiger partial charge in [-0.2, -0.15) is 0 Å². The van der Waals surface area contributed by atoms with Crippen molar-refractivity contribution in [1.82, 2.24) is 9.88 Å². The molecule has 0 aliphatic rings. The molecular formula is C22H25N3O2S. The molecule has 0 saturated carbocycles. The molecular weight excluding hydrogens is 370 g/mol. The summed E-state index contributed by atoms with van der Waals surface area (Å²) >= 11 is 5.59. The van der Waals surface area contributed by atoms with Crippen molar-refractivity contribution in [3.8, 4) is 0 Å². The van der Waals surface area contributed by atoms with Crippen molar-refractivity contribution in [3.05, 3.63) is 75.6 Å². The Balaban J connectivity index is 1.85. The van der Waals surface area contributed by atoms with Gasteiger partial charge in [-0.15, -0.1) is 0 Å². The number of aliphatic hydroxyl groups is 1. The van der Waals surface area contributed by atoms with Gasteiger partial charge in [0, 0.05) is 29.9 Å². The summed E-state index contributed by atoms with van der Waals surface area (Å²) < 4.78 is 0. The minimum atomic E-state index is -0.122. The minimum absolute atomic E-state index is 0.0663. The summed E-state index contributed by atoms with van der Waals surface area (Å²) in [5.41, 5.74) is 4.52. The van der Waals surface area contributed by atoms with E-state index in [4.69, 9.17) is 12.2 Å². The first-order chi connectivity index (χ1) is 13.5. The van der Waals surface area contributed by atoms with Crippen molar-refractivity contribution in [1.29, 1.82) is 0 Å².